The number of non-ortho nitro benzene ring substituents is 1. The summed E-state index contributed by atoms with van der Waals surface area (Å²) in [7, 11) is 0. The van der Waals surface area contributed by atoms with E-state index in [0.29, 0.717) is 0 Å². The Balaban J connectivity index is 2.23. The highest BCUT2D eigenvalue weighted by molar-refractivity contribution is 5.62. The van der Waals surface area contributed by atoms with Crippen LogP contribution >= 0.6 is 0 Å². The largest absolute Gasteiger partial charge is 0.269 e. The van der Waals surface area contributed by atoms with Crippen LogP contribution in [0, 0.1) is 10.1 Å². The van der Waals surface area contributed by atoms with Gasteiger partial charge in [-0.1, -0.05) is 6.92 Å². The van der Waals surface area contributed by atoms with Gasteiger partial charge in [-0.15, -0.1) is 0 Å². The van der Waals surface area contributed by atoms with Crippen LogP contribution in [0.15, 0.2) is 36.7 Å². The van der Waals surface area contributed by atoms with Crippen molar-refractivity contribution in [3.05, 3.63) is 52.6 Å². The van der Waals surface area contributed by atoms with E-state index in [1.165, 1.54) is 12.1 Å². The smallest absolute Gasteiger partial charge is 0.258 e. The predicted molar refractivity (Wildman–Crippen MR) is 68.1 cm³/mol. The molecule has 5 nitrogen and oxygen atoms in total. The molecule has 0 saturated carbocycles. The van der Waals surface area contributed by atoms with Crippen LogP contribution in [-0.4, -0.2) is 14.9 Å². The number of benzene rings is 1. The van der Waals surface area contributed by atoms with Gasteiger partial charge in [0.15, 0.2) is 0 Å². The molecule has 2 rings (SSSR count). The van der Waals surface area contributed by atoms with Crippen molar-refractivity contribution in [1.29, 1.82) is 0 Å². The topological polar surface area (TPSA) is 68.9 Å². The van der Waals surface area contributed by atoms with Crippen LogP contribution in [0.1, 0.15) is 19.2 Å². The lowest BCUT2D eigenvalue weighted by Crippen LogP contribution is -1.94. The molecule has 0 bridgehead atoms. The number of nitrogens with zero attached hydrogens (tertiary/aromatic N) is 3. The van der Waals surface area contributed by atoms with Crippen molar-refractivity contribution in [3.63, 3.8) is 0 Å². The van der Waals surface area contributed by atoms with Gasteiger partial charge in [0.25, 0.3) is 5.69 Å². The van der Waals surface area contributed by atoms with Gasteiger partial charge in [0.2, 0.25) is 0 Å². The fourth-order valence-corrected chi connectivity index (χ4v) is 1.63. The van der Waals surface area contributed by atoms with Crippen molar-refractivity contribution in [1.82, 2.24) is 9.97 Å². The lowest BCUT2D eigenvalue weighted by atomic mass is 10.1. The summed E-state index contributed by atoms with van der Waals surface area (Å²) >= 11 is 0. The highest BCUT2D eigenvalue weighted by Gasteiger charge is 2.05. The van der Waals surface area contributed by atoms with Gasteiger partial charge in [-0.3, -0.25) is 10.1 Å². The maximum absolute atomic E-state index is 10.5. The van der Waals surface area contributed by atoms with Crippen LogP contribution in [0.2, 0.25) is 0 Å². The number of nitro benzene ring substituents is 1. The van der Waals surface area contributed by atoms with Crippen molar-refractivity contribution < 1.29 is 4.92 Å². The molecular weight excluding hydrogens is 230 g/mol. The zero-order valence-electron chi connectivity index (χ0n) is 10.0. The number of nitro groups is 1. The second-order valence-electron chi connectivity index (χ2n) is 3.94. The Morgan fingerprint density at radius 2 is 1.72 bits per heavy atom. The Morgan fingerprint density at radius 1 is 1.11 bits per heavy atom. The Kier molecular flexibility index (Phi) is 3.62. The molecule has 1 aromatic carbocycles. The molecule has 18 heavy (non-hydrogen) atoms. The first-order valence-corrected chi connectivity index (χ1v) is 5.76. The van der Waals surface area contributed by atoms with Gasteiger partial charge in [-0.05, 0) is 24.1 Å². The maximum atomic E-state index is 10.5. The predicted octanol–water partition coefficient (Wildman–Crippen LogP) is 3.00. The van der Waals surface area contributed by atoms with Crippen LogP contribution < -0.4 is 0 Å². The van der Waals surface area contributed by atoms with Crippen LogP contribution in [-0.2, 0) is 6.42 Å². The molecule has 0 atom stereocenters. The van der Waals surface area contributed by atoms with Crippen LogP contribution in [0.25, 0.3) is 11.1 Å². The Morgan fingerprint density at radius 3 is 2.22 bits per heavy atom. The van der Waals surface area contributed by atoms with Crippen molar-refractivity contribution in [2.45, 2.75) is 19.8 Å². The fraction of sp³-hybridized carbons (Fsp3) is 0.231. The highest BCUT2D eigenvalue weighted by atomic mass is 16.6. The van der Waals surface area contributed by atoms with Crippen molar-refractivity contribution in [2.75, 3.05) is 0 Å². The van der Waals surface area contributed by atoms with E-state index < -0.39 is 4.92 Å². The summed E-state index contributed by atoms with van der Waals surface area (Å²) in [5, 5.41) is 10.5. The number of aryl methyl sites for hydroxylation is 1. The second-order valence-corrected chi connectivity index (χ2v) is 3.94. The number of hydrogen-bond donors (Lipinski definition) is 0. The van der Waals surface area contributed by atoms with E-state index >= 15 is 0 Å². The standard InChI is InChI=1S/C13H13N3O2/c1-2-3-13-14-8-11(9-15-13)10-4-6-12(7-5-10)16(17)18/h4-9H,2-3H2,1H3. The van der Waals surface area contributed by atoms with E-state index in [0.717, 1.165) is 29.8 Å². The Hall–Kier alpha value is -2.30. The van der Waals surface area contributed by atoms with Gasteiger partial charge in [0.1, 0.15) is 5.82 Å². The number of hydrogen-bond acceptors (Lipinski definition) is 4. The molecule has 0 aliphatic heterocycles. The fourth-order valence-electron chi connectivity index (χ4n) is 1.63. The quantitative estimate of drug-likeness (QED) is 0.611. The van der Waals surface area contributed by atoms with E-state index in [2.05, 4.69) is 16.9 Å². The van der Waals surface area contributed by atoms with E-state index in [9.17, 15) is 10.1 Å². The van der Waals surface area contributed by atoms with Crippen LogP contribution in [0.4, 0.5) is 5.69 Å². The maximum Gasteiger partial charge on any atom is 0.269 e. The summed E-state index contributed by atoms with van der Waals surface area (Å²) < 4.78 is 0. The zero-order valence-corrected chi connectivity index (χ0v) is 10.0. The molecule has 0 unspecified atom stereocenters. The molecule has 0 amide bonds. The molecule has 0 aliphatic carbocycles. The summed E-state index contributed by atoms with van der Waals surface area (Å²) in [5.74, 6) is 0.822. The normalized spacial score (nSPS) is 10.3. The van der Waals surface area contributed by atoms with E-state index in [4.69, 9.17) is 0 Å². The summed E-state index contributed by atoms with van der Waals surface area (Å²) in [4.78, 5) is 18.6. The molecule has 5 heteroatoms. The van der Waals surface area contributed by atoms with Gasteiger partial charge in [-0.25, -0.2) is 9.97 Å². The molecule has 2 aromatic rings. The van der Waals surface area contributed by atoms with Gasteiger partial charge < -0.3 is 0 Å². The molecule has 0 saturated heterocycles. The third-order valence-corrected chi connectivity index (χ3v) is 2.59. The monoisotopic (exact) mass is 243 g/mol. The van der Waals surface area contributed by atoms with Gasteiger partial charge >= 0.3 is 0 Å². The molecule has 92 valence electrons. The lowest BCUT2D eigenvalue weighted by molar-refractivity contribution is -0.384. The summed E-state index contributed by atoms with van der Waals surface area (Å²) in [5.41, 5.74) is 1.83. The Bertz CT molecular complexity index is 535. The van der Waals surface area contributed by atoms with Crippen molar-refractivity contribution in [2.24, 2.45) is 0 Å². The summed E-state index contributed by atoms with van der Waals surface area (Å²) in [6.45, 7) is 2.08. The molecule has 0 fully saturated rings. The zero-order chi connectivity index (χ0) is 13.0. The second kappa shape index (κ2) is 5.35. The Labute approximate surface area is 105 Å². The molecular formula is C13H13N3O2. The molecule has 0 N–H and O–H groups in total. The van der Waals surface area contributed by atoms with Gasteiger partial charge in [-0.2, -0.15) is 0 Å². The summed E-state index contributed by atoms with van der Waals surface area (Å²) in [6.07, 6.45) is 5.37. The average molecular weight is 243 g/mol. The average Bonchev–Trinajstić information content (AvgIpc) is 2.40. The number of aromatic nitrogens is 2. The van der Waals surface area contributed by atoms with Gasteiger partial charge in [0, 0.05) is 36.5 Å². The molecule has 1 aromatic heterocycles. The third-order valence-electron chi connectivity index (χ3n) is 2.59. The summed E-state index contributed by atoms with van der Waals surface area (Å²) in [6, 6.07) is 6.37. The van der Waals surface area contributed by atoms with Gasteiger partial charge in [0.05, 0.1) is 4.92 Å². The third kappa shape index (κ3) is 2.68. The van der Waals surface area contributed by atoms with E-state index in [1.54, 1.807) is 24.5 Å². The van der Waals surface area contributed by atoms with Crippen molar-refractivity contribution >= 4 is 5.69 Å². The minimum atomic E-state index is -0.412. The van der Waals surface area contributed by atoms with E-state index in [1.807, 2.05) is 0 Å². The minimum Gasteiger partial charge on any atom is -0.258 e. The highest BCUT2D eigenvalue weighted by Crippen LogP contribution is 2.21. The number of rotatable bonds is 4. The lowest BCUT2D eigenvalue weighted by Gasteiger charge is -2.02. The molecule has 1 heterocycles. The first kappa shape index (κ1) is 12.2. The van der Waals surface area contributed by atoms with Crippen LogP contribution in [0.3, 0.4) is 0 Å². The first-order chi connectivity index (χ1) is 8.70. The van der Waals surface area contributed by atoms with Crippen molar-refractivity contribution in [3.8, 4) is 11.1 Å². The molecule has 0 radical (unpaired) electrons. The van der Waals surface area contributed by atoms with Crippen LogP contribution in [0.5, 0.6) is 0 Å². The minimum absolute atomic E-state index is 0.0854. The van der Waals surface area contributed by atoms with E-state index in [-0.39, 0.29) is 5.69 Å². The molecule has 0 spiro atoms. The molecule has 0 aliphatic rings. The SMILES string of the molecule is CCCc1ncc(-c2ccc([N+](=O)[O-])cc2)cn1. The first-order valence-electron chi connectivity index (χ1n) is 5.76.